The number of fused-ring (bicyclic) bond motifs is 1. The Morgan fingerprint density at radius 3 is 2.80 bits per heavy atom. The first-order valence-corrected chi connectivity index (χ1v) is 4.96. The van der Waals surface area contributed by atoms with E-state index in [9.17, 15) is 0 Å². The Morgan fingerprint density at radius 2 is 2.00 bits per heavy atom. The van der Waals surface area contributed by atoms with Crippen LogP contribution in [0.25, 0.3) is 11.0 Å². The predicted molar refractivity (Wildman–Crippen MR) is 59.7 cm³/mol. The van der Waals surface area contributed by atoms with Crippen LogP contribution in [0.15, 0.2) is 30.5 Å². The van der Waals surface area contributed by atoms with Crippen LogP contribution >= 0.6 is 0 Å². The van der Waals surface area contributed by atoms with Gasteiger partial charge in [-0.1, -0.05) is 12.1 Å². The summed E-state index contributed by atoms with van der Waals surface area (Å²) >= 11 is 0. The van der Waals surface area contributed by atoms with Crippen LogP contribution < -0.4 is 5.32 Å². The summed E-state index contributed by atoms with van der Waals surface area (Å²) in [5.74, 6) is 0.752. The first kappa shape index (κ1) is 9.86. The molecule has 15 heavy (non-hydrogen) atoms. The molecule has 0 saturated heterocycles. The Morgan fingerprint density at radius 1 is 1.20 bits per heavy atom. The molecule has 0 aliphatic rings. The topological polar surface area (TPSA) is 58.0 Å². The number of anilines is 1. The smallest absolute Gasteiger partial charge is 0.145 e. The molecule has 2 N–H and O–H groups in total. The van der Waals surface area contributed by atoms with Gasteiger partial charge >= 0.3 is 0 Å². The van der Waals surface area contributed by atoms with Gasteiger partial charge in [-0.15, -0.1) is 0 Å². The summed E-state index contributed by atoms with van der Waals surface area (Å²) in [6.07, 6.45) is 2.42. The van der Waals surface area contributed by atoms with Gasteiger partial charge in [0.1, 0.15) is 5.82 Å². The van der Waals surface area contributed by atoms with Crippen LogP contribution in [0.1, 0.15) is 6.42 Å². The standard InChI is InChI=1S/C11H13N3O/c15-7-3-6-12-11-8-13-9-4-1-2-5-10(9)14-11/h1-2,4-5,8,15H,3,6-7H2,(H,12,14). The SMILES string of the molecule is OCCCNc1cnc2ccccc2n1. The average molecular weight is 203 g/mol. The Balaban J connectivity index is 2.16. The molecule has 2 rings (SSSR count). The van der Waals surface area contributed by atoms with E-state index in [2.05, 4.69) is 15.3 Å². The van der Waals surface area contributed by atoms with Crippen molar-refractivity contribution in [3.63, 3.8) is 0 Å². The Labute approximate surface area is 88.0 Å². The van der Waals surface area contributed by atoms with Crippen molar-refractivity contribution in [1.82, 2.24) is 9.97 Å². The second-order valence-electron chi connectivity index (χ2n) is 3.25. The highest BCUT2D eigenvalue weighted by Gasteiger charge is 1.97. The summed E-state index contributed by atoms with van der Waals surface area (Å²) < 4.78 is 0. The molecular weight excluding hydrogens is 190 g/mol. The maximum absolute atomic E-state index is 8.64. The maximum Gasteiger partial charge on any atom is 0.145 e. The molecule has 0 amide bonds. The van der Waals surface area contributed by atoms with Crippen molar-refractivity contribution >= 4 is 16.9 Å². The minimum absolute atomic E-state index is 0.189. The number of hydrogen-bond donors (Lipinski definition) is 2. The molecule has 1 heterocycles. The van der Waals surface area contributed by atoms with Crippen LogP contribution in [0.2, 0.25) is 0 Å². The number of nitrogens with zero attached hydrogens (tertiary/aromatic N) is 2. The number of aliphatic hydroxyl groups excluding tert-OH is 1. The number of nitrogens with one attached hydrogen (secondary N) is 1. The Bertz CT molecular complexity index is 445. The molecule has 2 aromatic rings. The van der Waals surface area contributed by atoms with E-state index in [0.29, 0.717) is 13.0 Å². The van der Waals surface area contributed by atoms with Gasteiger partial charge in [0.2, 0.25) is 0 Å². The largest absolute Gasteiger partial charge is 0.396 e. The van der Waals surface area contributed by atoms with Gasteiger partial charge in [-0.3, -0.25) is 4.98 Å². The summed E-state index contributed by atoms with van der Waals surface area (Å²) in [6, 6.07) is 7.74. The monoisotopic (exact) mass is 203 g/mol. The van der Waals surface area contributed by atoms with Gasteiger partial charge in [-0.2, -0.15) is 0 Å². The van der Waals surface area contributed by atoms with Crippen molar-refractivity contribution in [2.24, 2.45) is 0 Å². The maximum atomic E-state index is 8.64. The van der Waals surface area contributed by atoms with Gasteiger partial charge in [-0.05, 0) is 18.6 Å². The number of benzene rings is 1. The normalized spacial score (nSPS) is 10.5. The van der Waals surface area contributed by atoms with Crippen molar-refractivity contribution in [3.8, 4) is 0 Å². The molecule has 0 saturated carbocycles. The molecule has 0 aliphatic heterocycles. The fourth-order valence-electron chi connectivity index (χ4n) is 1.34. The Hall–Kier alpha value is -1.68. The fourth-order valence-corrected chi connectivity index (χ4v) is 1.34. The summed E-state index contributed by atoms with van der Waals surface area (Å²) in [7, 11) is 0. The minimum atomic E-state index is 0.189. The van der Waals surface area contributed by atoms with Crippen LogP contribution in [0.3, 0.4) is 0 Å². The van der Waals surface area contributed by atoms with Gasteiger partial charge in [0.15, 0.2) is 0 Å². The van der Waals surface area contributed by atoms with Crippen LogP contribution in [0, 0.1) is 0 Å². The van der Waals surface area contributed by atoms with Crippen LogP contribution in [-0.4, -0.2) is 28.2 Å². The van der Waals surface area contributed by atoms with Crippen LogP contribution in [0.5, 0.6) is 0 Å². The average Bonchev–Trinajstić information content (AvgIpc) is 2.29. The van der Waals surface area contributed by atoms with Crippen molar-refractivity contribution < 1.29 is 5.11 Å². The highest BCUT2D eigenvalue weighted by atomic mass is 16.3. The minimum Gasteiger partial charge on any atom is -0.396 e. The third-order valence-electron chi connectivity index (χ3n) is 2.09. The van der Waals surface area contributed by atoms with Crippen molar-refractivity contribution in [3.05, 3.63) is 30.5 Å². The summed E-state index contributed by atoms with van der Waals surface area (Å²) in [5, 5.41) is 11.7. The van der Waals surface area contributed by atoms with Crippen molar-refractivity contribution in [1.29, 1.82) is 0 Å². The predicted octanol–water partition coefficient (Wildman–Crippen LogP) is 1.42. The lowest BCUT2D eigenvalue weighted by Gasteiger charge is -2.04. The molecule has 0 aliphatic carbocycles. The summed E-state index contributed by atoms with van der Waals surface area (Å²) in [5.41, 5.74) is 1.77. The molecule has 1 aromatic heterocycles. The van der Waals surface area contributed by atoms with E-state index in [1.54, 1.807) is 6.20 Å². The lowest BCUT2D eigenvalue weighted by Crippen LogP contribution is -2.05. The molecule has 4 heteroatoms. The van der Waals surface area contributed by atoms with Crippen molar-refractivity contribution in [2.75, 3.05) is 18.5 Å². The molecule has 78 valence electrons. The van der Waals surface area contributed by atoms with Crippen LogP contribution in [0.4, 0.5) is 5.82 Å². The van der Waals surface area contributed by atoms with Gasteiger partial charge in [-0.25, -0.2) is 4.98 Å². The summed E-state index contributed by atoms with van der Waals surface area (Å²) in [4.78, 5) is 8.66. The lowest BCUT2D eigenvalue weighted by molar-refractivity contribution is 0.292. The zero-order valence-corrected chi connectivity index (χ0v) is 8.35. The number of aromatic nitrogens is 2. The molecule has 0 spiro atoms. The summed E-state index contributed by atoms with van der Waals surface area (Å²) in [6.45, 7) is 0.900. The molecule has 0 radical (unpaired) electrons. The van der Waals surface area contributed by atoms with Crippen molar-refractivity contribution in [2.45, 2.75) is 6.42 Å². The second kappa shape index (κ2) is 4.70. The van der Waals surface area contributed by atoms with Gasteiger partial charge in [0, 0.05) is 13.2 Å². The zero-order chi connectivity index (χ0) is 10.5. The van der Waals surface area contributed by atoms with E-state index in [0.717, 1.165) is 16.9 Å². The molecule has 0 unspecified atom stereocenters. The van der Waals surface area contributed by atoms with E-state index in [-0.39, 0.29) is 6.61 Å². The molecule has 0 bridgehead atoms. The Kier molecular flexibility index (Phi) is 3.09. The fraction of sp³-hybridized carbons (Fsp3) is 0.273. The van der Waals surface area contributed by atoms with Gasteiger partial charge < -0.3 is 10.4 Å². The molecular formula is C11H13N3O. The molecule has 0 fully saturated rings. The number of hydrogen-bond acceptors (Lipinski definition) is 4. The molecule has 4 nitrogen and oxygen atoms in total. The number of rotatable bonds is 4. The quantitative estimate of drug-likeness (QED) is 0.738. The van der Waals surface area contributed by atoms with E-state index in [1.807, 2.05) is 24.3 Å². The van der Waals surface area contributed by atoms with E-state index in [1.165, 1.54) is 0 Å². The van der Waals surface area contributed by atoms with E-state index in [4.69, 9.17) is 5.11 Å². The number of aliphatic hydroxyl groups is 1. The first-order chi connectivity index (χ1) is 7.40. The lowest BCUT2D eigenvalue weighted by atomic mass is 10.3. The molecule has 1 aromatic carbocycles. The van der Waals surface area contributed by atoms with E-state index < -0.39 is 0 Å². The third kappa shape index (κ3) is 2.41. The van der Waals surface area contributed by atoms with Gasteiger partial charge in [0.25, 0.3) is 0 Å². The van der Waals surface area contributed by atoms with Crippen LogP contribution in [-0.2, 0) is 0 Å². The van der Waals surface area contributed by atoms with Gasteiger partial charge in [0.05, 0.1) is 17.2 Å². The van der Waals surface area contributed by atoms with E-state index >= 15 is 0 Å². The molecule has 0 atom stereocenters. The highest BCUT2D eigenvalue weighted by molar-refractivity contribution is 5.75. The first-order valence-electron chi connectivity index (χ1n) is 4.96. The zero-order valence-electron chi connectivity index (χ0n) is 8.35. The highest BCUT2D eigenvalue weighted by Crippen LogP contribution is 2.10. The second-order valence-corrected chi connectivity index (χ2v) is 3.25. The number of para-hydroxylation sites is 2. The third-order valence-corrected chi connectivity index (χ3v) is 2.09.